The number of amides is 1. The highest BCUT2D eigenvalue weighted by atomic mass is 32.1. The maximum Gasteiger partial charge on any atom is 0.265 e. The van der Waals surface area contributed by atoms with Crippen molar-refractivity contribution >= 4 is 29.0 Å². The summed E-state index contributed by atoms with van der Waals surface area (Å²) >= 11 is 1.41. The van der Waals surface area contributed by atoms with Crippen LogP contribution < -0.4 is 10.1 Å². The third-order valence-electron chi connectivity index (χ3n) is 4.06. The van der Waals surface area contributed by atoms with Gasteiger partial charge in [0.05, 0.1) is 16.3 Å². The zero-order chi connectivity index (χ0) is 19.2. The number of hydrogen-bond acceptors (Lipinski definition) is 4. The minimum absolute atomic E-state index is 0.126. The first-order valence-corrected chi connectivity index (χ1v) is 9.76. The number of carbonyl (C=O) groups is 1. The molecule has 0 fully saturated rings. The van der Waals surface area contributed by atoms with Gasteiger partial charge < -0.3 is 10.1 Å². The van der Waals surface area contributed by atoms with Crippen molar-refractivity contribution in [1.29, 1.82) is 0 Å². The molecule has 1 amide bonds. The lowest BCUT2D eigenvalue weighted by Gasteiger charge is -2.08. The molecule has 0 saturated carbocycles. The Morgan fingerprint density at radius 3 is 2.93 bits per heavy atom. The fourth-order valence-electron chi connectivity index (χ4n) is 2.65. The van der Waals surface area contributed by atoms with E-state index in [1.165, 1.54) is 11.3 Å². The molecule has 0 unspecified atom stereocenters. The van der Waals surface area contributed by atoms with E-state index in [-0.39, 0.29) is 5.91 Å². The van der Waals surface area contributed by atoms with Crippen molar-refractivity contribution in [3.63, 3.8) is 0 Å². The van der Waals surface area contributed by atoms with Crippen molar-refractivity contribution in [1.82, 2.24) is 9.78 Å². The van der Waals surface area contributed by atoms with Gasteiger partial charge in [-0.05, 0) is 38.3 Å². The molecule has 3 rings (SSSR count). The van der Waals surface area contributed by atoms with E-state index in [0.717, 1.165) is 34.8 Å². The molecule has 0 saturated heterocycles. The Kier molecular flexibility index (Phi) is 6.08. The summed E-state index contributed by atoms with van der Waals surface area (Å²) in [7, 11) is 0. The molecule has 140 valence electrons. The van der Waals surface area contributed by atoms with Gasteiger partial charge in [-0.15, -0.1) is 11.3 Å². The lowest BCUT2D eigenvalue weighted by Crippen LogP contribution is -2.10. The summed E-state index contributed by atoms with van der Waals surface area (Å²) in [6, 6.07) is 9.77. The van der Waals surface area contributed by atoms with Crippen molar-refractivity contribution in [3.05, 3.63) is 69.7 Å². The molecule has 0 aliphatic heterocycles. The zero-order valence-corrected chi connectivity index (χ0v) is 16.5. The van der Waals surface area contributed by atoms with Crippen LogP contribution in [0.4, 0.5) is 5.69 Å². The molecule has 27 heavy (non-hydrogen) atoms. The molecular formula is C21H23N3O2S. The maximum atomic E-state index is 12.5. The van der Waals surface area contributed by atoms with Gasteiger partial charge in [-0.3, -0.25) is 9.48 Å². The average Bonchev–Trinajstić information content (AvgIpc) is 3.28. The van der Waals surface area contributed by atoms with Crippen LogP contribution in [0.2, 0.25) is 0 Å². The predicted molar refractivity (Wildman–Crippen MR) is 110 cm³/mol. The summed E-state index contributed by atoms with van der Waals surface area (Å²) in [4.78, 5) is 13.2. The number of rotatable bonds is 7. The number of allylic oxidation sites excluding steroid dienone is 1. The quantitative estimate of drug-likeness (QED) is 0.617. The van der Waals surface area contributed by atoms with Crippen LogP contribution in [-0.2, 0) is 13.2 Å². The van der Waals surface area contributed by atoms with Gasteiger partial charge in [0.1, 0.15) is 12.4 Å². The smallest absolute Gasteiger partial charge is 0.265 e. The van der Waals surface area contributed by atoms with Crippen LogP contribution in [0.1, 0.15) is 40.3 Å². The van der Waals surface area contributed by atoms with Gasteiger partial charge in [0.25, 0.3) is 5.91 Å². The molecule has 1 aromatic carbocycles. The van der Waals surface area contributed by atoms with Crippen LogP contribution in [-0.4, -0.2) is 15.7 Å². The highest BCUT2D eigenvalue weighted by molar-refractivity contribution is 7.12. The molecule has 0 atom stereocenters. The number of thiophene rings is 1. The SMILES string of the molecule is C/C=C/c1ccccc1OCc1csc(C(=O)Nc2cn(CC)nc2C)c1. The molecule has 0 aliphatic carbocycles. The average molecular weight is 382 g/mol. The zero-order valence-electron chi connectivity index (χ0n) is 15.7. The first-order valence-electron chi connectivity index (χ1n) is 8.88. The molecule has 6 heteroatoms. The monoisotopic (exact) mass is 381 g/mol. The molecule has 3 aromatic rings. The number of aryl methyl sites for hydroxylation is 2. The highest BCUT2D eigenvalue weighted by Gasteiger charge is 2.13. The van der Waals surface area contributed by atoms with Crippen molar-refractivity contribution in [2.24, 2.45) is 0 Å². The van der Waals surface area contributed by atoms with E-state index in [2.05, 4.69) is 10.4 Å². The largest absolute Gasteiger partial charge is 0.488 e. The lowest BCUT2D eigenvalue weighted by atomic mass is 10.2. The van der Waals surface area contributed by atoms with Crippen LogP contribution in [0.15, 0.2) is 48.0 Å². The van der Waals surface area contributed by atoms with Gasteiger partial charge in [0.15, 0.2) is 0 Å². The van der Waals surface area contributed by atoms with Crippen molar-refractivity contribution in [3.8, 4) is 5.75 Å². The molecule has 5 nitrogen and oxygen atoms in total. The normalized spacial score (nSPS) is 11.1. The predicted octanol–water partition coefficient (Wildman–Crippen LogP) is 5.14. The Morgan fingerprint density at radius 2 is 2.19 bits per heavy atom. The summed E-state index contributed by atoms with van der Waals surface area (Å²) < 4.78 is 7.74. The molecule has 0 radical (unpaired) electrons. The molecular weight excluding hydrogens is 358 g/mol. The summed E-state index contributed by atoms with van der Waals surface area (Å²) in [5.74, 6) is 0.703. The van der Waals surface area contributed by atoms with E-state index >= 15 is 0 Å². The number of ether oxygens (including phenoxy) is 1. The third kappa shape index (κ3) is 4.65. The number of nitrogens with one attached hydrogen (secondary N) is 1. The Morgan fingerprint density at radius 1 is 1.37 bits per heavy atom. The maximum absolute atomic E-state index is 12.5. The van der Waals surface area contributed by atoms with Gasteiger partial charge in [-0.1, -0.05) is 30.4 Å². The molecule has 0 aliphatic rings. The van der Waals surface area contributed by atoms with Crippen LogP contribution >= 0.6 is 11.3 Å². The van der Waals surface area contributed by atoms with E-state index in [9.17, 15) is 4.79 Å². The van der Waals surface area contributed by atoms with Gasteiger partial charge >= 0.3 is 0 Å². The lowest BCUT2D eigenvalue weighted by molar-refractivity contribution is 0.103. The Hall–Kier alpha value is -2.86. The number of para-hydroxylation sites is 1. The van der Waals surface area contributed by atoms with Crippen LogP contribution in [0.3, 0.4) is 0 Å². The highest BCUT2D eigenvalue weighted by Crippen LogP contribution is 2.23. The van der Waals surface area contributed by atoms with E-state index in [1.807, 2.05) is 74.8 Å². The molecule has 2 aromatic heterocycles. The van der Waals surface area contributed by atoms with Crippen LogP contribution in [0, 0.1) is 6.92 Å². The standard InChI is InChI=1S/C21H23N3O2S/c1-4-8-17-9-6-7-10-19(17)26-13-16-11-20(27-14-16)21(25)22-18-12-24(5-2)23-15(18)3/h4,6-12,14H,5,13H2,1-3H3,(H,22,25)/b8-4+. The van der Waals surface area contributed by atoms with Crippen molar-refractivity contribution in [2.45, 2.75) is 33.9 Å². The van der Waals surface area contributed by atoms with Crippen LogP contribution in [0.5, 0.6) is 5.75 Å². The summed E-state index contributed by atoms with van der Waals surface area (Å²) in [6.45, 7) is 7.07. The topological polar surface area (TPSA) is 56.1 Å². The number of benzene rings is 1. The van der Waals surface area contributed by atoms with Crippen LogP contribution in [0.25, 0.3) is 6.08 Å². The molecule has 0 spiro atoms. The summed E-state index contributed by atoms with van der Waals surface area (Å²) in [5.41, 5.74) is 3.57. The Balaban J connectivity index is 1.64. The van der Waals surface area contributed by atoms with E-state index in [4.69, 9.17) is 4.74 Å². The van der Waals surface area contributed by atoms with Gasteiger partial charge in [0, 0.05) is 23.9 Å². The minimum Gasteiger partial charge on any atom is -0.488 e. The van der Waals surface area contributed by atoms with E-state index < -0.39 is 0 Å². The summed E-state index contributed by atoms with van der Waals surface area (Å²) in [5, 5.41) is 9.23. The van der Waals surface area contributed by atoms with Crippen molar-refractivity contribution < 1.29 is 9.53 Å². The van der Waals surface area contributed by atoms with Gasteiger partial charge in [-0.25, -0.2) is 0 Å². The molecule has 0 bridgehead atoms. The molecule has 2 heterocycles. The van der Waals surface area contributed by atoms with Crippen molar-refractivity contribution in [2.75, 3.05) is 5.32 Å². The van der Waals surface area contributed by atoms with E-state index in [0.29, 0.717) is 11.5 Å². The first-order chi connectivity index (χ1) is 13.1. The van der Waals surface area contributed by atoms with Gasteiger partial charge in [-0.2, -0.15) is 5.10 Å². The first kappa shape index (κ1) is 18.9. The second-order valence-electron chi connectivity index (χ2n) is 6.08. The fraction of sp³-hybridized carbons (Fsp3) is 0.238. The number of carbonyl (C=O) groups excluding carboxylic acids is 1. The number of hydrogen-bond donors (Lipinski definition) is 1. The second-order valence-corrected chi connectivity index (χ2v) is 6.99. The Labute approximate surface area is 163 Å². The molecule has 1 N–H and O–H groups in total. The number of aromatic nitrogens is 2. The number of anilines is 1. The minimum atomic E-state index is -0.126. The van der Waals surface area contributed by atoms with Gasteiger partial charge in [0.2, 0.25) is 0 Å². The third-order valence-corrected chi connectivity index (χ3v) is 5.03. The second kappa shape index (κ2) is 8.68. The Bertz CT molecular complexity index is 956. The summed E-state index contributed by atoms with van der Waals surface area (Å²) in [6.07, 6.45) is 5.85. The number of nitrogens with zero attached hydrogens (tertiary/aromatic N) is 2. The fourth-order valence-corrected chi connectivity index (χ4v) is 3.44. The van der Waals surface area contributed by atoms with E-state index in [1.54, 1.807) is 4.68 Å².